The van der Waals surface area contributed by atoms with Crippen LogP contribution in [-0.2, 0) is 19.1 Å². The van der Waals surface area contributed by atoms with E-state index in [-0.39, 0.29) is 11.4 Å². The average molecular weight is 281 g/mol. The van der Waals surface area contributed by atoms with Gasteiger partial charge >= 0.3 is 11.9 Å². The molecule has 0 aliphatic carbocycles. The number of nitro groups is 1. The molecule has 0 heterocycles. The molecule has 1 aromatic rings. The number of nitrogens with one attached hydrogen (secondary N) is 1. The number of nitro benzene ring substituents is 1. The third-order valence-corrected chi connectivity index (χ3v) is 2.15. The van der Waals surface area contributed by atoms with Crippen molar-refractivity contribution in [2.75, 3.05) is 19.6 Å². The first-order valence-electron chi connectivity index (χ1n) is 5.25. The summed E-state index contributed by atoms with van der Waals surface area (Å²) in [6.45, 7) is 0. The summed E-state index contributed by atoms with van der Waals surface area (Å²) in [5.74, 6) is -2.05. The van der Waals surface area contributed by atoms with E-state index in [1.54, 1.807) is 0 Å². The van der Waals surface area contributed by atoms with E-state index in [1.165, 1.54) is 24.3 Å². The zero-order valence-corrected chi connectivity index (χ0v) is 10.7. The van der Waals surface area contributed by atoms with Crippen molar-refractivity contribution >= 4 is 29.0 Å². The summed E-state index contributed by atoms with van der Waals surface area (Å²) >= 11 is 0. The predicted octanol–water partition coefficient (Wildman–Crippen LogP) is 0.709. The highest BCUT2D eigenvalue weighted by molar-refractivity contribution is 6.62. The van der Waals surface area contributed by atoms with Crippen LogP contribution in [0.5, 0.6) is 0 Å². The number of carbonyl (C=O) groups is 2. The molecule has 0 aromatic heterocycles. The molecule has 0 spiro atoms. The van der Waals surface area contributed by atoms with Crippen molar-refractivity contribution in [2.45, 2.75) is 0 Å². The summed E-state index contributed by atoms with van der Waals surface area (Å²) in [5, 5.41) is 14.3. The average Bonchev–Trinajstić information content (AvgIpc) is 2.46. The summed E-state index contributed by atoms with van der Waals surface area (Å²) in [4.78, 5) is 32.8. The lowest BCUT2D eigenvalue weighted by molar-refractivity contribution is -0.384. The Morgan fingerprint density at radius 3 is 2.25 bits per heavy atom. The highest BCUT2D eigenvalue weighted by atomic mass is 16.6. The normalized spacial score (nSPS) is 9.30. The minimum Gasteiger partial charge on any atom is -0.464 e. The quantitative estimate of drug-likeness (QED) is 0.277. The van der Waals surface area contributed by atoms with Gasteiger partial charge in [0.15, 0.2) is 0 Å². The van der Waals surface area contributed by atoms with E-state index in [9.17, 15) is 19.7 Å². The number of hydrogen-bond donors (Lipinski definition) is 1. The first-order valence-corrected chi connectivity index (χ1v) is 5.25. The lowest BCUT2D eigenvalue weighted by atomic mass is 10.3. The Morgan fingerprint density at radius 1 is 1.20 bits per heavy atom. The van der Waals surface area contributed by atoms with Gasteiger partial charge in [0.2, 0.25) is 0 Å². The minimum atomic E-state index is -1.03. The van der Waals surface area contributed by atoms with Gasteiger partial charge in [0, 0.05) is 6.07 Å². The van der Waals surface area contributed by atoms with Crippen LogP contribution >= 0.6 is 0 Å². The molecule has 9 heteroatoms. The summed E-state index contributed by atoms with van der Waals surface area (Å²) in [6.07, 6.45) is 0. The van der Waals surface area contributed by atoms with Crippen LogP contribution in [0.3, 0.4) is 0 Å². The molecular weight excluding hydrogens is 270 g/mol. The molecule has 9 nitrogen and oxygen atoms in total. The third kappa shape index (κ3) is 3.51. The van der Waals surface area contributed by atoms with E-state index in [1.807, 2.05) is 0 Å². The van der Waals surface area contributed by atoms with Crippen molar-refractivity contribution in [1.29, 1.82) is 0 Å². The molecule has 0 bridgehead atoms. The second-order valence-electron chi connectivity index (χ2n) is 3.33. The molecule has 0 aliphatic rings. The van der Waals surface area contributed by atoms with E-state index in [4.69, 9.17) is 0 Å². The number of carbonyl (C=O) groups excluding carboxylic acids is 2. The molecule has 0 radical (unpaired) electrons. The molecule has 1 aromatic carbocycles. The van der Waals surface area contributed by atoms with Crippen LogP contribution in [-0.4, -0.2) is 36.8 Å². The fourth-order valence-corrected chi connectivity index (χ4v) is 1.21. The fourth-order valence-electron chi connectivity index (χ4n) is 1.21. The van der Waals surface area contributed by atoms with Gasteiger partial charge in [0.25, 0.3) is 11.4 Å². The second kappa shape index (κ2) is 6.83. The maximum absolute atomic E-state index is 11.3. The van der Waals surface area contributed by atoms with Crippen molar-refractivity contribution in [3.8, 4) is 0 Å². The molecule has 1 N–H and O–H groups in total. The summed E-state index contributed by atoms with van der Waals surface area (Å²) in [5.41, 5.74) is 1.37. The van der Waals surface area contributed by atoms with E-state index >= 15 is 0 Å². The van der Waals surface area contributed by atoms with Crippen molar-refractivity contribution in [2.24, 2.45) is 5.10 Å². The van der Waals surface area contributed by atoms with Gasteiger partial charge in [-0.1, -0.05) is 12.1 Å². The lowest BCUT2D eigenvalue weighted by Gasteiger charge is -2.04. The number of ether oxygens (including phenoxy) is 2. The van der Waals surface area contributed by atoms with Crippen molar-refractivity contribution in [3.63, 3.8) is 0 Å². The standard InChI is InChI=1S/C11H11N3O6/c1-19-10(15)9(11(16)20-2)13-12-7-5-3-4-6-8(7)14(17)18/h3-6,12H,1-2H3. The van der Waals surface area contributed by atoms with Crippen LogP contribution in [0, 0.1) is 10.1 Å². The highest BCUT2D eigenvalue weighted by Crippen LogP contribution is 2.22. The molecule has 0 saturated heterocycles. The molecule has 1 rings (SSSR count). The second-order valence-corrected chi connectivity index (χ2v) is 3.33. The number of methoxy groups -OCH3 is 2. The fraction of sp³-hybridized carbons (Fsp3) is 0.182. The molecule has 0 saturated carbocycles. The molecular formula is C11H11N3O6. The smallest absolute Gasteiger partial charge is 0.366 e. The zero-order chi connectivity index (χ0) is 15.1. The van der Waals surface area contributed by atoms with Crippen LogP contribution in [0.2, 0.25) is 0 Å². The lowest BCUT2D eigenvalue weighted by Crippen LogP contribution is -2.27. The minimum absolute atomic E-state index is 0.0165. The van der Waals surface area contributed by atoms with Gasteiger partial charge in [0.05, 0.1) is 19.1 Å². The Labute approximate surface area is 113 Å². The van der Waals surface area contributed by atoms with Gasteiger partial charge in [-0.05, 0) is 6.07 Å². The first-order chi connectivity index (χ1) is 9.51. The van der Waals surface area contributed by atoms with Crippen LogP contribution in [0.1, 0.15) is 0 Å². The molecule has 106 valence electrons. The molecule has 0 aliphatic heterocycles. The van der Waals surface area contributed by atoms with Gasteiger partial charge in [-0.15, -0.1) is 0 Å². The topological polar surface area (TPSA) is 120 Å². The summed E-state index contributed by atoms with van der Waals surface area (Å²) in [6, 6.07) is 5.61. The number of nitrogens with zero attached hydrogens (tertiary/aromatic N) is 2. The predicted molar refractivity (Wildman–Crippen MR) is 68.2 cm³/mol. The third-order valence-electron chi connectivity index (χ3n) is 2.15. The molecule has 20 heavy (non-hydrogen) atoms. The Bertz CT molecular complexity index is 551. The van der Waals surface area contributed by atoms with Crippen LogP contribution < -0.4 is 5.43 Å². The van der Waals surface area contributed by atoms with E-state index in [2.05, 4.69) is 20.0 Å². The highest BCUT2D eigenvalue weighted by Gasteiger charge is 2.23. The molecule has 0 atom stereocenters. The Morgan fingerprint density at radius 2 is 1.75 bits per heavy atom. The monoisotopic (exact) mass is 281 g/mol. The number of rotatable bonds is 5. The Balaban J connectivity index is 3.07. The number of anilines is 1. The van der Waals surface area contributed by atoms with Gasteiger partial charge in [-0.2, -0.15) is 5.10 Å². The Kier molecular flexibility index (Phi) is 5.15. The molecule has 0 fully saturated rings. The zero-order valence-electron chi connectivity index (χ0n) is 10.7. The molecule has 0 unspecified atom stereocenters. The van der Waals surface area contributed by atoms with Crippen molar-refractivity contribution < 1.29 is 24.0 Å². The SMILES string of the molecule is COC(=O)C(=NNc1ccccc1[N+](=O)[O-])C(=O)OC. The maximum atomic E-state index is 11.3. The van der Waals surface area contributed by atoms with E-state index < -0.39 is 22.6 Å². The Hall–Kier alpha value is -2.97. The van der Waals surface area contributed by atoms with E-state index in [0.717, 1.165) is 14.2 Å². The summed E-state index contributed by atoms with van der Waals surface area (Å²) in [7, 11) is 2.12. The maximum Gasteiger partial charge on any atom is 0.366 e. The number of para-hydroxylation sites is 2. The van der Waals surface area contributed by atoms with Crippen molar-refractivity contribution in [3.05, 3.63) is 34.4 Å². The number of hydrogen-bond acceptors (Lipinski definition) is 8. The van der Waals surface area contributed by atoms with Gasteiger partial charge in [0.1, 0.15) is 5.69 Å². The van der Waals surface area contributed by atoms with Crippen LogP contribution in [0.15, 0.2) is 29.4 Å². The first kappa shape index (κ1) is 15.1. The van der Waals surface area contributed by atoms with Crippen LogP contribution in [0.25, 0.3) is 0 Å². The van der Waals surface area contributed by atoms with Gasteiger partial charge in [-0.3, -0.25) is 15.5 Å². The molecule has 0 amide bonds. The number of benzene rings is 1. The number of esters is 2. The summed E-state index contributed by atoms with van der Waals surface area (Å²) < 4.78 is 8.71. The van der Waals surface area contributed by atoms with E-state index in [0.29, 0.717) is 0 Å². The van der Waals surface area contributed by atoms with Crippen molar-refractivity contribution in [1.82, 2.24) is 0 Å². The van der Waals surface area contributed by atoms with Gasteiger partial charge < -0.3 is 9.47 Å². The number of hydrazone groups is 1. The van der Waals surface area contributed by atoms with Gasteiger partial charge in [-0.25, -0.2) is 9.59 Å². The van der Waals surface area contributed by atoms with Crippen LogP contribution in [0.4, 0.5) is 11.4 Å². The largest absolute Gasteiger partial charge is 0.464 e.